The third kappa shape index (κ3) is 1.28. The summed E-state index contributed by atoms with van der Waals surface area (Å²) in [5.41, 5.74) is 5.03. The Morgan fingerprint density at radius 2 is 1.50 bits per heavy atom. The van der Waals surface area contributed by atoms with E-state index in [4.69, 9.17) is 4.74 Å². The summed E-state index contributed by atoms with van der Waals surface area (Å²) in [6.07, 6.45) is 5.20. The van der Waals surface area contributed by atoms with Crippen molar-refractivity contribution in [2.75, 3.05) is 0 Å². The molecule has 86 valence electrons. The molecule has 1 nitrogen and oxygen atoms in total. The van der Waals surface area contributed by atoms with Crippen LogP contribution in [-0.4, -0.2) is 0 Å². The fraction of sp³-hybridized carbons (Fsp3) is 0.0588. The van der Waals surface area contributed by atoms with Gasteiger partial charge in [-0.25, -0.2) is 0 Å². The fourth-order valence-corrected chi connectivity index (χ4v) is 2.70. The van der Waals surface area contributed by atoms with E-state index in [-0.39, 0.29) is 0 Å². The molecule has 0 spiro atoms. The Kier molecular flexibility index (Phi) is 1.95. The highest BCUT2D eigenvalue weighted by molar-refractivity contribution is 5.88. The number of hydrogen-bond donors (Lipinski definition) is 0. The molecule has 0 bridgehead atoms. The van der Waals surface area contributed by atoms with E-state index in [9.17, 15) is 0 Å². The molecule has 1 aliphatic heterocycles. The first-order valence-corrected chi connectivity index (χ1v) is 6.20. The average molecular weight is 232 g/mol. The normalized spacial score (nSPS) is 15.6. The molecule has 0 radical (unpaired) electrons. The lowest BCUT2D eigenvalue weighted by atomic mass is 9.94. The van der Waals surface area contributed by atoms with Gasteiger partial charge in [0, 0.05) is 11.1 Å². The molecule has 0 N–H and O–H groups in total. The predicted molar refractivity (Wildman–Crippen MR) is 73.2 cm³/mol. The smallest absolute Gasteiger partial charge is 0.135 e. The summed E-state index contributed by atoms with van der Waals surface area (Å²) in [4.78, 5) is 0. The van der Waals surface area contributed by atoms with Crippen molar-refractivity contribution in [2.24, 2.45) is 0 Å². The molecule has 0 saturated heterocycles. The zero-order valence-corrected chi connectivity index (χ0v) is 9.89. The molecular formula is C17H12O. The van der Waals surface area contributed by atoms with E-state index in [1.54, 1.807) is 0 Å². The van der Waals surface area contributed by atoms with Crippen molar-refractivity contribution in [1.29, 1.82) is 0 Å². The Hall–Kier alpha value is -2.28. The molecule has 0 unspecified atom stereocenters. The van der Waals surface area contributed by atoms with Gasteiger partial charge < -0.3 is 4.74 Å². The van der Waals surface area contributed by atoms with Gasteiger partial charge in [0.15, 0.2) is 0 Å². The molecule has 0 saturated carbocycles. The lowest BCUT2D eigenvalue weighted by Gasteiger charge is -2.09. The maximum atomic E-state index is 6.06. The second-order valence-corrected chi connectivity index (χ2v) is 4.59. The van der Waals surface area contributed by atoms with E-state index in [1.165, 1.54) is 22.3 Å². The SMILES string of the molecule is C1=CC2=C(C1)c1ccccc1-c1ccccc1O2. The molecule has 1 heterocycles. The van der Waals surface area contributed by atoms with Crippen LogP contribution in [-0.2, 0) is 0 Å². The van der Waals surface area contributed by atoms with E-state index in [2.05, 4.69) is 48.6 Å². The van der Waals surface area contributed by atoms with Gasteiger partial charge in [-0.2, -0.15) is 0 Å². The number of allylic oxidation sites excluding steroid dienone is 3. The van der Waals surface area contributed by atoms with Crippen LogP contribution >= 0.6 is 0 Å². The molecule has 2 aliphatic rings. The molecule has 2 aromatic rings. The Labute approximate surface area is 106 Å². The number of benzene rings is 2. The molecular weight excluding hydrogens is 220 g/mol. The molecule has 0 aromatic heterocycles. The van der Waals surface area contributed by atoms with Crippen LogP contribution in [0.3, 0.4) is 0 Å². The summed E-state index contributed by atoms with van der Waals surface area (Å²) in [5, 5.41) is 0. The van der Waals surface area contributed by atoms with E-state index in [1.807, 2.05) is 12.1 Å². The minimum Gasteiger partial charge on any atom is -0.456 e. The molecule has 0 amide bonds. The molecule has 18 heavy (non-hydrogen) atoms. The minimum atomic E-state index is 0.946. The molecule has 0 atom stereocenters. The lowest BCUT2D eigenvalue weighted by molar-refractivity contribution is 0.451. The van der Waals surface area contributed by atoms with Crippen molar-refractivity contribution in [3.8, 4) is 16.9 Å². The first-order chi connectivity index (χ1) is 8.93. The molecule has 2 aromatic carbocycles. The summed E-state index contributed by atoms with van der Waals surface area (Å²) in [6.45, 7) is 0. The third-order valence-electron chi connectivity index (χ3n) is 3.54. The summed E-state index contributed by atoms with van der Waals surface area (Å²) < 4.78 is 6.06. The highest BCUT2D eigenvalue weighted by Gasteiger charge is 2.22. The minimum absolute atomic E-state index is 0.946. The molecule has 1 aliphatic carbocycles. The Morgan fingerprint density at radius 3 is 2.39 bits per heavy atom. The molecule has 4 rings (SSSR count). The van der Waals surface area contributed by atoms with Gasteiger partial charge in [0.25, 0.3) is 0 Å². The van der Waals surface area contributed by atoms with Crippen molar-refractivity contribution in [3.63, 3.8) is 0 Å². The fourth-order valence-electron chi connectivity index (χ4n) is 2.70. The Balaban J connectivity index is 2.08. The van der Waals surface area contributed by atoms with Crippen LogP contribution in [0.15, 0.2) is 66.4 Å². The van der Waals surface area contributed by atoms with Crippen LogP contribution in [0.25, 0.3) is 16.7 Å². The van der Waals surface area contributed by atoms with Gasteiger partial charge in [-0.15, -0.1) is 0 Å². The van der Waals surface area contributed by atoms with Crippen LogP contribution in [0, 0.1) is 0 Å². The van der Waals surface area contributed by atoms with Crippen LogP contribution in [0.2, 0.25) is 0 Å². The standard InChI is InChI=1S/C17H12O/c1-2-7-13-12(6-1)14-8-3-4-10-16(14)18-17-11-5-9-15(13)17/h1-8,10-11H,9H2. The van der Waals surface area contributed by atoms with Crippen molar-refractivity contribution in [2.45, 2.75) is 6.42 Å². The monoisotopic (exact) mass is 232 g/mol. The maximum Gasteiger partial charge on any atom is 0.135 e. The van der Waals surface area contributed by atoms with Crippen molar-refractivity contribution in [3.05, 3.63) is 72.0 Å². The first kappa shape index (κ1) is 9.72. The zero-order valence-electron chi connectivity index (χ0n) is 9.89. The van der Waals surface area contributed by atoms with E-state index >= 15 is 0 Å². The van der Waals surface area contributed by atoms with Gasteiger partial charge in [-0.1, -0.05) is 48.5 Å². The van der Waals surface area contributed by atoms with Gasteiger partial charge in [-0.3, -0.25) is 0 Å². The topological polar surface area (TPSA) is 9.23 Å². The Bertz CT molecular complexity index is 692. The second-order valence-electron chi connectivity index (χ2n) is 4.59. The van der Waals surface area contributed by atoms with E-state index in [0.29, 0.717) is 0 Å². The molecule has 0 fully saturated rings. The van der Waals surface area contributed by atoms with Crippen molar-refractivity contribution in [1.82, 2.24) is 0 Å². The van der Waals surface area contributed by atoms with Gasteiger partial charge in [0.2, 0.25) is 0 Å². The first-order valence-electron chi connectivity index (χ1n) is 6.20. The lowest BCUT2D eigenvalue weighted by Crippen LogP contribution is -1.91. The van der Waals surface area contributed by atoms with Gasteiger partial charge >= 0.3 is 0 Å². The van der Waals surface area contributed by atoms with E-state index in [0.717, 1.165) is 17.9 Å². The van der Waals surface area contributed by atoms with Gasteiger partial charge in [0.05, 0.1) is 0 Å². The Morgan fingerprint density at radius 1 is 0.778 bits per heavy atom. The summed E-state index contributed by atoms with van der Waals surface area (Å²) >= 11 is 0. The van der Waals surface area contributed by atoms with Crippen molar-refractivity contribution < 1.29 is 4.74 Å². The average Bonchev–Trinajstić information content (AvgIpc) is 2.83. The highest BCUT2D eigenvalue weighted by Crippen LogP contribution is 2.43. The van der Waals surface area contributed by atoms with Crippen molar-refractivity contribution >= 4 is 5.57 Å². The largest absolute Gasteiger partial charge is 0.456 e. The number of rotatable bonds is 0. The predicted octanol–water partition coefficient (Wildman–Crippen LogP) is 4.42. The van der Waals surface area contributed by atoms with Gasteiger partial charge in [-0.05, 0) is 29.7 Å². The molecule has 1 heteroatoms. The highest BCUT2D eigenvalue weighted by atomic mass is 16.5. The summed E-state index contributed by atoms with van der Waals surface area (Å²) in [5.74, 6) is 1.94. The maximum absolute atomic E-state index is 6.06. The number of hydrogen-bond acceptors (Lipinski definition) is 1. The number of para-hydroxylation sites is 1. The third-order valence-corrected chi connectivity index (χ3v) is 3.54. The second kappa shape index (κ2) is 3.61. The van der Waals surface area contributed by atoms with Crippen LogP contribution in [0.4, 0.5) is 0 Å². The summed E-state index contributed by atoms with van der Waals surface area (Å²) in [6, 6.07) is 16.8. The van der Waals surface area contributed by atoms with Crippen LogP contribution < -0.4 is 4.74 Å². The van der Waals surface area contributed by atoms with Gasteiger partial charge in [0.1, 0.15) is 11.5 Å². The number of ether oxygens (including phenoxy) is 1. The van der Waals surface area contributed by atoms with Crippen LogP contribution in [0.5, 0.6) is 5.75 Å². The van der Waals surface area contributed by atoms with E-state index < -0.39 is 0 Å². The quantitative estimate of drug-likeness (QED) is 0.653. The zero-order chi connectivity index (χ0) is 11.9. The summed E-state index contributed by atoms with van der Waals surface area (Å²) in [7, 11) is 0. The van der Waals surface area contributed by atoms with Crippen LogP contribution in [0.1, 0.15) is 12.0 Å². The number of fused-ring (bicyclic) bond motifs is 4.